The van der Waals surface area contributed by atoms with Crippen molar-refractivity contribution >= 4 is 33.4 Å². The minimum atomic E-state index is -0.538. The Balaban J connectivity index is 1.83. The summed E-state index contributed by atoms with van der Waals surface area (Å²) in [5.74, 6) is -0.179. The smallest absolute Gasteiger partial charge is 0.226 e. The van der Waals surface area contributed by atoms with Crippen LogP contribution in [0.1, 0.15) is 45.1 Å². The highest BCUT2D eigenvalue weighted by atomic mass is 79.9. The zero-order valence-electron chi connectivity index (χ0n) is 15.9. The van der Waals surface area contributed by atoms with Crippen molar-refractivity contribution in [2.24, 2.45) is 0 Å². The number of fused-ring (bicyclic) bond motifs is 1. The molecule has 0 bridgehead atoms. The number of aromatic nitrogens is 2. The summed E-state index contributed by atoms with van der Waals surface area (Å²) in [4.78, 5) is 25.6. The number of halogens is 1. The van der Waals surface area contributed by atoms with Crippen LogP contribution in [0.5, 0.6) is 0 Å². The summed E-state index contributed by atoms with van der Waals surface area (Å²) < 4.78 is 2.66. The standard InChI is InChI=1S/C22H20BrN3O2/c1-12-4-9-18(13(2)10-12)26-22-20(14(3)25-26)17(11-19(27)24-22)21(28)15-5-7-16(23)8-6-15/h4-10,17H,11H2,1-3H3,(H,24,27)/t17-/m1/s1. The second-order valence-electron chi connectivity index (χ2n) is 7.23. The maximum absolute atomic E-state index is 13.2. The molecule has 1 amide bonds. The molecule has 0 spiro atoms. The highest BCUT2D eigenvalue weighted by molar-refractivity contribution is 9.10. The van der Waals surface area contributed by atoms with Crippen molar-refractivity contribution in [3.05, 3.63) is 74.9 Å². The lowest BCUT2D eigenvalue weighted by Crippen LogP contribution is -2.28. The highest BCUT2D eigenvalue weighted by Crippen LogP contribution is 2.38. The van der Waals surface area contributed by atoms with Crippen LogP contribution >= 0.6 is 15.9 Å². The lowest BCUT2D eigenvalue weighted by atomic mass is 9.85. The Morgan fingerprint density at radius 1 is 1.14 bits per heavy atom. The van der Waals surface area contributed by atoms with Gasteiger partial charge in [-0.1, -0.05) is 45.8 Å². The van der Waals surface area contributed by atoms with E-state index < -0.39 is 5.92 Å². The monoisotopic (exact) mass is 437 g/mol. The number of anilines is 1. The summed E-state index contributed by atoms with van der Waals surface area (Å²) in [6.07, 6.45) is 0.126. The van der Waals surface area contributed by atoms with Crippen LogP contribution in [0.2, 0.25) is 0 Å². The predicted molar refractivity (Wildman–Crippen MR) is 112 cm³/mol. The summed E-state index contributed by atoms with van der Waals surface area (Å²) in [5, 5.41) is 7.61. The van der Waals surface area contributed by atoms with Gasteiger partial charge in [-0.25, -0.2) is 4.68 Å². The fraction of sp³-hybridized carbons (Fsp3) is 0.227. The van der Waals surface area contributed by atoms with Gasteiger partial charge in [-0.2, -0.15) is 5.10 Å². The van der Waals surface area contributed by atoms with Crippen LogP contribution < -0.4 is 5.32 Å². The van der Waals surface area contributed by atoms with Gasteiger partial charge in [0.2, 0.25) is 5.91 Å². The average molecular weight is 438 g/mol. The van der Waals surface area contributed by atoms with Gasteiger partial charge in [0.15, 0.2) is 5.78 Å². The van der Waals surface area contributed by atoms with E-state index in [2.05, 4.69) is 32.4 Å². The Kier molecular flexibility index (Phi) is 4.67. The van der Waals surface area contributed by atoms with E-state index in [1.54, 1.807) is 16.8 Å². The number of Topliss-reactive ketones (excluding diaryl/α,β-unsaturated/α-hetero) is 1. The van der Waals surface area contributed by atoms with Gasteiger partial charge in [-0.15, -0.1) is 0 Å². The van der Waals surface area contributed by atoms with Crippen molar-refractivity contribution in [1.29, 1.82) is 0 Å². The number of carbonyl (C=O) groups excluding carboxylic acids is 2. The zero-order chi connectivity index (χ0) is 20.0. The van der Waals surface area contributed by atoms with Crippen LogP contribution in [-0.4, -0.2) is 21.5 Å². The van der Waals surface area contributed by atoms with E-state index in [1.807, 2.05) is 45.0 Å². The molecule has 0 fully saturated rings. The van der Waals surface area contributed by atoms with Gasteiger partial charge < -0.3 is 5.32 Å². The van der Waals surface area contributed by atoms with Gasteiger partial charge in [0.25, 0.3) is 0 Å². The van der Waals surface area contributed by atoms with E-state index in [-0.39, 0.29) is 18.1 Å². The Morgan fingerprint density at radius 3 is 2.54 bits per heavy atom. The van der Waals surface area contributed by atoms with Gasteiger partial charge >= 0.3 is 0 Å². The van der Waals surface area contributed by atoms with E-state index >= 15 is 0 Å². The fourth-order valence-corrected chi connectivity index (χ4v) is 4.07. The molecule has 6 heteroatoms. The molecule has 0 unspecified atom stereocenters. The Morgan fingerprint density at radius 2 is 1.86 bits per heavy atom. The third kappa shape index (κ3) is 3.18. The summed E-state index contributed by atoms with van der Waals surface area (Å²) in [6, 6.07) is 13.3. The van der Waals surface area contributed by atoms with Crippen LogP contribution in [0.15, 0.2) is 46.9 Å². The molecule has 0 aliphatic carbocycles. The molecule has 0 saturated heterocycles. The van der Waals surface area contributed by atoms with Crippen molar-refractivity contribution in [1.82, 2.24) is 9.78 Å². The number of carbonyl (C=O) groups is 2. The summed E-state index contributed by atoms with van der Waals surface area (Å²) in [6.45, 7) is 5.94. The molecular weight excluding hydrogens is 418 g/mol. The maximum atomic E-state index is 13.2. The topological polar surface area (TPSA) is 64.0 Å². The molecule has 1 aliphatic heterocycles. The Hall–Kier alpha value is -2.73. The third-order valence-corrected chi connectivity index (χ3v) is 5.66. The number of nitrogens with one attached hydrogen (secondary N) is 1. The Bertz CT molecular complexity index is 1100. The average Bonchev–Trinajstić information content (AvgIpc) is 2.97. The lowest BCUT2D eigenvalue weighted by molar-refractivity contribution is -0.116. The number of hydrogen-bond donors (Lipinski definition) is 1. The second-order valence-corrected chi connectivity index (χ2v) is 8.14. The van der Waals surface area contributed by atoms with E-state index in [1.165, 1.54) is 0 Å². The van der Waals surface area contributed by atoms with Crippen LogP contribution in [0.3, 0.4) is 0 Å². The highest BCUT2D eigenvalue weighted by Gasteiger charge is 2.36. The number of ketones is 1. The quantitative estimate of drug-likeness (QED) is 0.594. The molecule has 0 radical (unpaired) electrons. The number of hydrogen-bond acceptors (Lipinski definition) is 3. The number of amides is 1. The molecule has 5 nitrogen and oxygen atoms in total. The molecule has 2 heterocycles. The molecule has 3 aromatic rings. The molecule has 1 N–H and O–H groups in total. The molecule has 1 aliphatic rings. The SMILES string of the molecule is Cc1ccc(-n2nc(C)c3c2NC(=O)C[C@H]3C(=O)c2ccc(Br)cc2)c(C)c1. The van der Waals surface area contributed by atoms with Gasteiger partial charge in [0.05, 0.1) is 17.3 Å². The maximum Gasteiger partial charge on any atom is 0.226 e. The zero-order valence-corrected chi connectivity index (χ0v) is 17.5. The van der Waals surface area contributed by atoms with Crippen LogP contribution in [0.25, 0.3) is 5.69 Å². The van der Waals surface area contributed by atoms with E-state index in [4.69, 9.17) is 0 Å². The summed E-state index contributed by atoms with van der Waals surface area (Å²) in [7, 11) is 0. The van der Waals surface area contributed by atoms with Gasteiger partial charge in [0, 0.05) is 22.0 Å². The van der Waals surface area contributed by atoms with Crippen molar-refractivity contribution in [3.63, 3.8) is 0 Å². The number of aryl methyl sites for hydroxylation is 3. The molecule has 1 aromatic heterocycles. The van der Waals surface area contributed by atoms with Crippen LogP contribution in [0.4, 0.5) is 5.82 Å². The number of benzene rings is 2. The molecule has 28 heavy (non-hydrogen) atoms. The van der Waals surface area contributed by atoms with Crippen molar-refractivity contribution in [3.8, 4) is 5.69 Å². The predicted octanol–water partition coefficient (Wildman–Crippen LogP) is 4.87. The van der Waals surface area contributed by atoms with Crippen LogP contribution in [0, 0.1) is 20.8 Å². The fourth-order valence-electron chi connectivity index (χ4n) is 3.80. The summed E-state index contributed by atoms with van der Waals surface area (Å²) >= 11 is 3.39. The minimum absolute atomic E-state index is 0.0631. The largest absolute Gasteiger partial charge is 0.310 e. The second kappa shape index (κ2) is 7.02. The first-order valence-electron chi connectivity index (χ1n) is 9.12. The minimum Gasteiger partial charge on any atom is -0.310 e. The van der Waals surface area contributed by atoms with Crippen LogP contribution in [-0.2, 0) is 4.79 Å². The lowest BCUT2D eigenvalue weighted by Gasteiger charge is -2.23. The van der Waals surface area contributed by atoms with E-state index in [0.29, 0.717) is 11.4 Å². The first-order valence-corrected chi connectivity index (χ1v) is 9.91. The third-order valence-electron chi connectivity index (χ3n) is 5.13. The first-order chi connectivity index (χ1) is 13.3. The van der Waals surface area contributed by atoms with Crippen molar-refractivity contribution in [2.75, 3.05) is 5.32 Å². The van der Waals surface area contributed by atoms with Gasteiger partial charge in [0.1, 0.15) is 5.82 Å². The molecule has 142 valence electrons. The molecular formula is C22H20BrN3O2. The van der Waals surface area contributed by atoms with Gasteiger partial charge in [-0.05, 0) is 44.5 Å². The summed E-state index contributed by atoms with van der Waals surface area (Å²) in [5.41, 5.74) is 5.25. The normalized spacial score (nSPS) is 15.9. The molecule has 0 saturated carbocycles. The first kappa shape index (κ1) is 18.6. The van der Waals surface area contributed by atoms with E-state index in [9.17, 15) is 9.59 Å². The van der Waals surface area contributed by atoms with E-state index in [0.717, 1.165) is 32.5 Å². The molecule has 4 rings (SSSR count). The van der Waals surface area contributed by atoms with Crippen molar-refractivity contribution in [2.45, 2.75) is 33.1 Å². The number of nitrogens with zero attached hydrogens (tertiary/aromatic N) is 2. The Labute approximate surface area is 171 Å². The molecule has 2 aromatic carbocycles. The number of rotatable bonds is 3. The molecule has 1 atom stereocenters. The van der Waals surface area contributed by atoms with Crippen molar-refractivity contribution < 1.29 is 9.59 Å². The van der Waals surface area contributed by atoms with Gasteiger partial charge in [-0.3, -0.25) is 9.59 Å².